The van der Waals surface area contributed by atoms with Gasteiger partial charge >= 0.3 is 5.97 Å². The summed E-state index contributed by atoms with van der Waals surface area (Å²) in [5.41, 5.74) is 1.17. The van der Waals surface area contributed by atoms with E-state index in [-0.39, 0.29) is 17.9 Å². The molecule has 5 nitrogen and oxygen atoms in total. The lowest BCUT2D eigenvalue weighted by Crippen LogP contribution is -2.08. The zero-order chi connectivity index (χ0) is 17.4. The molecule has 7 heteroatoms. The van der Waals surface area contributed by atoms with Gasteiger partial charge in [-0.05, 0) is 63.4 Å². The molecule has 1 heterocycles. The lowest BCUT2D eigenvalue weighted by molar-refractivity contribution is -0.136. The van der Waals surface area contributed by atoms with Gasteiger partial charge in [-0.1, -0.05) is 18.2 Å². The van der Waals surface area contributed by atoms with E-state index in [0.717, 1.165) is 0 Å². The summed E-state index contributed by atoms with van der Waals surface area (Å²) in [5.74, 6) is -1.30. The minimum Gasteiger partial charge on any atom is -0.506 e. The monoisotopic (exact) mass is 548 g/mol. The molecule has 0 aliphatic rings. The van der Waals surface area contributed by atoms with Gasteiger partial charge in [0.1, 0.15) is 11.3 Å². The Bertz CT molecular complexity index is 951. The van der Waals surface area contributed by atoms with E-state index < -0.39 is 11.8 Å². The van der Waals surface area contributed by atoms with Gasteiger partial charge in [0, 0.05) is 16.5 Å². The summed E-state index contributed by atoms with van der Waals surface area (Å²) in [6, 6.07) is 10.1. The molecule has 0 spiro atoms. The Hall–Kier alpha value is -1.62. The topological polar surface area (TPSA) is 87.7 Å². The Morgan fingerprint density at radius 1 is 1.08 bits per heavy atom. The Kier molecular flexibility index (Phi) is 4.81. The number of rotatable bonds is 4. The molecule has 122 valence electrons. The Balaban J connectivity index is 2.18. The van der Waals surface area contributed by atoms with Crippen molar-refractivity contribution in [3.8, 4) is 5.75 Å². The van der Waals surface area contributed by atoms with Gasteiger partial charge in [0.25, 0.3) is 0 Å². The number of aliphatic carboxylic acids is 1. The smallest absolute Gasteiger partial charge is 0.307 e. The third-order valence-electron chi connectivity index (χ3n) is 3.51. The number of ketones is 1. The van der Waals surface area contributed by atoms with Crippen molar-refractivity contribution in [2.75, 3.05) is 0 Å². The quantitative estimate of drug-likeness (QED) is 0.377. The van der Waals surface area contributed by atoms with Gasteiger partial charge in [-0.15, -0.1) is 0 Å². The van der Waals surface area contributed by atoms with Crippen molar-refractivity contribution >= 4 is 67.9 Å². The summed E-state index contributed by atoms with van der Waals surface area (Å²) < 4.78 is 6.73. The predicted molar refractivity (Wildman–Crippen MR) is 105 cm³/mol. The summed E-state index contributed by atoms with van der Waals surface area (Å²) in [6.45, 7) is 0. The molecule has 2 aromatic carbocycles. The second-order valence-electron chi connectivity index (χ2n) is 5.09. The number of carbonyl (C=O) groups excluding carboxylic acids is 1. The van der Waals surface area contributed by atoms with Crippen LogP contribution in [-0.4, -0.2) is 22.0 Å². The maximum absolute atomic E-state index is 12.9. The van der Waals surface area contributed by atoms with E-state index in [9.17, 15) is 14.7 Å². The van der Waals surface area contributed by atoms with Crippen LogP contribution >= 0.6 is 45.2 Å². The van der Waals surface area contributed by atoms with Crippen LogP contribution in [-0.2, 0) is 11.2 Å². The van der Waals surface area contributed by atoms with Gasteiger partial charge in [0.05, 0.1) is 13.6 Å². The predicted octanol–water partition coefficient (Wildman–Crippen LogP) is 4.21. The molecule has 3 rings (SSSR count). The number of hydrogen-bond donors (Lipinski definition) is 2. The van der Waals surface area contributed by atoms with E-state index in [1.54, 1.807) is 36.4 Å². The van der Waals surface area contributed by atoms with Crippen LogP contribution in [0.15, 0.2) is 40.8 Å². The second-order valence-corrected chi connectivity index (χ2v) is 7.42. The minimum absolute atomic E-state index is 0.0240. The molecule has 1 aromatic heterocycles. The van der Waals surface area contributed by atoms with E-state index in [4.69, 9.17) is 9.52 Å². The van der Waals surface area contributed by atoms with Crippen LogP contribution in [0.1, 0.15) is 21.7 Å². The molecule has 0 aliphatic carbocycles. The Labute approximate surface area is 163 Å². The van der Waals surface area contributed by atoms with Gasteiger partial charge in [-0.2, -0.15) is 0 Å². The van der Waals surface area contributed by atoms with Crippen LogP contribution in [0, 0.1) is 7.14 Å². The summed E-state index contributed by atoms with van der Waals surface area (Å²) in [6.07, 6.45) is -0.301. The highest BCUT2D eigenvalue weighted by atomic mass is 127. The molecule has 24 heavy (non-hydrogen) atoms. The molecule has 0 saturated heterocycles. The number of carboxylic acids is 1. The fourth-order valence-electron chi connectivity index (χ4n) is 2.44. The van der Waals surface area contributed by atoms with Crippen molar-refractivity contribution in [1.82, 2.24) is 0 Å². The summed E-state index contributed by atoms with van der Waals surface area (Å²) in [4.78, 5) is 24.0. The number of phenols is 1. The number of aromatic hydroxyl groups is 1. The third kappa shape index (κ3) is 3.14. The van der Waals surface area contributed by atoms with Gasteiger partial charge in [0.2, 0.25) is 5.78 Å². The average Bonchev–Trinajstić information content (AvgIpc) is 2.89. The normalized spacial score (nSPS) is 10.9. The molecule has 0 amide bonds. The van der Waals surface area contributed by atoms with Crippen molar-refractivity contribution in [3.05, 3.63) is 60.4 Å². The van der Waals surface area contributed by atoms with Crippen LogP contribution in [0.25, 0.3) is 11.0 Å². The molecule has 0 bridgehead atoms. The van der Waals surface area contributed by atoms with E-state index in [1.165, 1.54) is 0 Å². The molecule has 0 unspecified atom stereocenters. The fraction of sp³-hybridized carbons (Fsp3) is 0.0588. The number of benzene rings is 2. The molecule has 0 fully saturated rings. The first-order valence-electron chi connectivity index (χ1n) is 6.83. The van der Waals surface area contributed by atoms with Crippen molar-refractivity contribution in [2.24, 2.45) is 0 Å². The zero-order valence-corrected chi connectivity index (χ0v) is 16.4. The lowest BCUT2D eigenvalue weighted by Gasteiger charge is -2.05. The Morgan fingerprint density at radius 3 is 2.33 bits per heavy atom. The van der Waals surface area contributed by atoms with Crippen LogP contribution < -0.4 is 0 Å². The van der Waals surface area contributed by atoms with Gasteiger partial charge in [-0.3, -0.25) is 9.59 Å². The van der Waals surface area contributed by atoms with Gasteiger partial charge in [-0.25, -0.2) is 0 Å². The first-order chi connectivity index (χ1) is 11.4. The maximum Gasteiger partial charge on any atom is 0.307 e. The van der Waals surface area contributed by atoms with Crippen LogP contribution in [0.4, 0.5) is 0 Å². The van der Waals surface area contributed by atoms with Crippen molar-refractivity contribution in [3.63, 3.8) is 0 Å². The van der Waals surface area contributed by atoms with Crippen LogP contribution in [0.3, 0.4) is 0 Å². The highest BCUT2D eigenvalue weighted by Crippen LogP contribution is 2.31. The van der Waals surface area contributed by atoms with Crippen LogP contribution in [0.2, 0.25) is 0 Å². The number of para-hydroxylation sites is 1. The highest BCUT2D eigenvalue weighted by molar-refractivity contribution is 14.1. The van der Waals surface area contributed by atoms with Crippen molar-refractivity contribution in [2.45, 2.75) is 6.42 Å². The molecule has 0 radical (unpaired) electrons. The average molecular weight is 548 g/mol. The second kappa shape index (κ2) is 6.71. The van der Waals surface area contributed by atoms with Gasteiger partial charge in [0.15, 0.2) is 5.76 Å². The van der Waals surface area contributed by atoms with E-state index >= 15 is 0 Å². The molecule has 0 atom stereocenters. The first kappa shape index (κ1) is 17.2. The zero-order valence-electron chi connectivity index (χ0n) is 12.0. The SMILES string of the molecule is O=C(O)Cc1c(C(=O)c2cc(I)c(O)c(I)c2)oc2ccccc12. The number of carbonyl (C=O) groups is 2. The number of fused-ring (bicyclic) bond motifs is 1. The fourth-order valence-corrected chi connectivity index (χ4v) is 4.20. The molecule has 3 aromatic rings. The molecule has 0 aliphatic heterocycles. The largest absolute Gasteiger partial charge is 0.506 e. The van der Waals surface area contributed by atoms with E-state index in [2.05, 4.69) is 0 Å². The van der Waals surface area contributed by atoms with E-state index in [0.29, 0.717) is 29.2 Å². The third-order valence-corrected chi connectivity index (χ3v) is 5.16. The summed E-state index contributed by atoms with van der Waals surface area (Å²) in [5, 5.41) is 19.6. The van der Waals surface area contributed by atoms with Crippen molar-refractivity contribution in [1.29, 1.82) is 0 Å². The summed E-state index contributed by atoms with van der Waals surface area (Å²) in [7, 11) is 0. The number of furan rings is 1. The number of hydrogen-bond acceptors (Lipinski definition) is 4. The molecular weight excluding hydrogens is 538 g/mol. The number of carboxylic acid groups (broad SMARTS) is 1. The highest BCUT2D eigenvalue weighted by Gasteiger charge is 2.24. The summed E-state index contributed by atoms with van der Waals surface area (Å²) >= 11 is 3.88. The Morgan fingerprint density at radius 2 is 1.71 bits per heavy atom. The standard InChI is InChI=1S/C17H10I2O5/c18-11-5-8(6-12(19)16(11)23)15(22)17-10(7-14(20)21)9-3-1-2-4-13(9)24-17/h1-6,23H,7H2,(H,20,21). The molecular formula is C17H10I2O5. The lowest BCUT2D eigenvalue weighted by atomic mass is 10.0. The van der Waals surface area contributed by atoms with Crippen LogP contribution in [0.5, 0.6) is 5.75 Å². The maximum atomic E-state index is 12.9. The van der Waals surface area contributed by atoms with Crippen molar-refractivity contribution < 1.29 is 24.2 Å². The number of phenolic OH excluding ortho intramolecular Hbond substituents is 1. The molecule has 2 N–H and O–H groups in total. The first-order valence-corrected chi connectivity index (χ1v) is 8.99. The molecule has 0 saturated carbocycles. The minimum atomic E-state index is -1.04. The number of halogens is 2. The van der Waals surface area contributed by atoms with E-state index in [1.807, 2.05) is 45.2 Å². The van der Waals surface area contributed by atoms with Gasteiger partial charge < -0.3 is 14.6 Å².